The summed E-state index contributed by atoms with van der Waals surface area (Å²) >= 11 is 0. The minimum Gasteiger partial charge on any atom is -0.342 e. The number of imidazole rings is 1. The Hall–Kier alpha value is -2.25. The maximum Gasteiger partial charge on any atom is 0.233 e. The number of hydrogen-bond acceptors (Lipinski definition) is 5. The molecule has 0 saturated carbocycles. The van der Waals surface area contributed by atoms with E-state index >= 15 is 0 Å². The van der Waals surface area contributed by atoms with Crippen LogP contribution in [0.5, 0.6) is 0 Å². The van der Waals surface area contributed by atoms with E-state index in [1.54, 1.807) is 0 Å². The zero-order valence-electron chi connectivity index (χ0n) is 16.1. The summed E-state index contributed by atoms with van der Waals surface area (Å²) in [5.74, 6) is 2.38. The molecule has 0 spiro atoms. The van der Waals surface area contributed by atoms with Crippen LogP contribution in [0.1, 0.15) is 75.4 Å². The summed E-state index contributed by atoms with van der Waals surface area (Å²) in [6, 6.07) is 0. The third-order valence-corrected chi connectivity index (χ3v) is 5.95. The van der Waals surface area contributed by atoms with Crippen LogP contribution in [0.2, 0.25) is 0 Å². The highest BCUT2D eigenvalue weighted by molar-refractivity contribution is 5.83. The first kappa shape index (κ1) is 18.1. The summed E-state index contributed by atoms with van der Waals surface area (Å²) in [7, 11) is 0. The first-order chi connectivity index (χ1) is 13.3. The maximum absolute atomic E-state index is 13.2. The molecule has 1 saturated heterocycles. The lowest BCUT2D eigenvalue weighted by Crippen LogP contribution is -2.41. The van der Waals surface area contributed by atoms with Gasteiger partial charge in [-0.3, -0.25) is 4.79 Å². The number of tetrazole rings is 1. The van der Waals surface area contributed by atoms with E-state index in [1.165, 1.54) is 18.7 Å². The largest absolute Gasteiger partial charge is 0.342 e. The maximum atomic E-state index is 13.2. The third kappa shape index (κ3) is 3.75. The number of aromatic nitrogens is 6. The SMILES string of the molecule is CCCCn1ccnc1C1CCN(C(=O)C2CCCCn3nnnc32)CC1. The van der Waals surface area contributed by atoms with Gasteiger partial charge in [0.2, 0.25) is 5.91 Å². The van der Waals surface area contributed by atoms with Crippen LogP contribution in [0.3, 0.4) is 0 Å². The van der Waals surface area contributed by atoms with E-state index in [-0.39, 0.29) is 11.8 Å². The fourth-order valence-electron chi connectivity index (χ4n) is 4.37. The van der Waals surface area contributed by atoms with Crippen LogP contribution in [-0.4, -0.2) is 53.7 Å². The van der Waals surface area contributed by atoms with Crippen molar-refractivity contribution in [1.82, 2.24) is 34.7 Å². The molecule has 2 aromatic rings. The average Bonchev–Trinajstić information content (AvgIpc) is 3.32. The highest BCUT2D eigenvalue weighted by atomic mass is 16.2. The first-order valence-corrected chi connectivity index (χ1v) is 10.3. The number of piperidine rings is 1. The molecule has 27 heavy (non-hydrogen) atoms. The molecule has 2 aliphatic heterocycles. The van der Waals surface area contributed by atoms with Crippen molar-refractivity contribution in [3.63, 3.8) is 0 Å². The Morgan fingerprint density at radius 2 is 2.00 bits per heavy atom. The van der Waals surface area contributed by atoms with Gasteiger partial charge in [-0.2, -0.15) is 0 Å². The lowest BCUT2D eigenvalue weighted by Gasteiger charge is -2.33. The molecule has 4 heterocycles. The number of likely N-dealkylation sites (tertiary alicyclic amines) is 1. The normalized spacial score (nSPS) is 21.1. The molecule has 0 radical (unpaired) electrons. The van der Waals surface area contributed by atoms with Crippen LogP contribution in [0.4, 0.5) is 0 Å². The minimum absolute atomic E-state index is 0.189. The number of fused-ring (bicyclic) bond motifs is 1. The number of rotatable bonds is 5. The summed E-state index contributed by atoms with van der Waals surface area (Å²) in [5, 5.41) is 12.0. The zero-order chi connectivity index (χ0) is 18.6. The van der Waals surface area contributed by atoms with E-state index in [0.29, 0.717) is 5.92 Å². The molecule has 1 atom stereocenters. The van der Waals surface area contributed by atoms with E-state index in [9.17, 15) is 4.79 Å². The standard InChI is InChI=1S/C19H29N7O/c1-2-3-10-24-14-9-20-17(24)15-7-12-25(13-8-15)19(27)16-6-4-5-11-26-18(16)21-22-23-26/h9,14-16H,2-8,10-13H2,1H3. The number of hydrogen-bond donors (Lipinski definition) is 0. The van der Waals surface area contributed by atoms with Crippen LogP contribution in [0.15, 0.2) is 12.4 Å². The fraction of sp³-hybridized carbons (Fsp3) is 0.737. The highest BCUT2D eigenvalue weighted by Gasteiger charge is 2.34. The molecule has 0 aliphatic carbocycles. The van der Waals surface area contributed by atoms with Gasteiger partial charge in [-0.05, 0) is 42.5 Å². The van der Waals surface area contributed by atoms with E-state index in [4.69, 9.17) is 0 Å². The fourth-order valence-corrected chi connectivity index (χ4v) is 4.37. The van der Waals surface area contributed by atoms with Gasteiger partial charge in [0.05, 0.1) is 5.92 Å². The van der Waals surface area contributed by atoms with Crippen molar-refractivity contribution in [2.24, 2.45) is 0 Å². The molecule has 2 aliphatic rings. The molecule has 0 bridgehead atoms. The highest BCUT2D eigenvalue weighted by Crippen LogP contribution is 2.31. The summed E-state index contributed by atoms with van der Waals surface area (Å²) in [4.78, 5) is 19.8. The Labute approximate surface area is 159 Å². The van der Waals surface area contributed by atoms with Gasteiger partial charge in [0.1, 0.15) is 5.82 Å². The zero-order valence-corrected chi connectivity index (χ0v) is 16.1. The van der Waals surface area contributed by atoms with Crippen molar-refractivity contribution in [1.29, 1.82) is 0 Å². The summed E-state index contributed by atoms with van der Waals surface area (Å²) in [6.45, 7) is 5.65. The average molecular weight is 371 g/mol. The van der Waals surface area contributed by atoms with Crippen molar-refractivity contribution >= 4 is 5.91 Å². The lowest BCUT2D eigenvalue weighted by atomic mass is 9.93. The number of amides is 1. The molecule has 1 unspecified atom stereocenters. The van der Waals surface area contributed by atoms with Crippen LogP contribution < -0.4 is 0 Å². The van der Waals surface area contributed by atoms with Gasteiger partial charge in [0.25, 0.3) is 0 Å². The van der Waals surface area contributed by atoms with Gasteiger partial charge < -0.3 is 9.47 Å². The number of nitrogens with zero attached hydrogens (tertiary/aromatic N) is 7. The van der Waals surface area contributed by atoms with Crippen LogP contribution >= 0.6 is 0 Å². The molecular formula is C19H29N7O. The van der Waals surface area contributed by atoms with E-state index in [1.807, 2.05) is 15.8 Å². The van der Waals surface area contributed by atoms with E-state index < -0.39 is 0 Å². The van der Waals surface area contributed by atoms with Gasteiger partial charge in [-0.25, -0.2) is 9.67 Å². The second-order valence-corrected chi connectivity index (χ2v) is 7.74. The van der Waals surface area contributed by atoms with Crippen LogP contribution in [0.25, 0.3) is 0 Å². The molecule has 2 aromatic heterocycles. The first-order valence-electron chi connectivity index (χ1n) is 10.3. The molecule has 1 amide bonds. The van der Waals surface area contributed by atoms with Gasteiger partial charge in [0, 0.05) is 44.5 Å². The molecule has 0 aromatic carbocycles. The molecule has 8 nitrogen and oxygen atoms in total. The second-order valence-electron chi connectivity index (χ2n) is 7.74. The van der Waals surface area contributed by atoms with Crippen molar-refractivity contribution in [3.8, 4) is 0 Å². The monoisotopic (exact) mass is 371 g/mol. The Balaban J connectivity index is 1.40. The smallest absolute Gasteiger partial charge is 0.233 e. The third-order valence-electron chi connectivity index (χ3n) is 5.95. The Kier molecular flexibility index (Phi) is 5.50. The predicted octanol–water partition coefficient (Wildman–Crippen LogP) is 2.34. The summed E-state index contributed by atoms with van der Waals surface area (Å²) in [6.07, 6.45) is 11.2. The number of aryl methyl sites for hydroxylation is 2. The Morgan fingerprint density at radius 3 is 2.81 bits per heavy atom. The van der Waals surface area contributed by atoms with Crippen molar-refractivity contribution < 1.29 is 4.79 Å². The molecule has 1 fully saturated rings. The predicted molar refractivity (Wildman–Crippen MR) is 100 cm³/mol. The van der Waals surface area contributed by atoms with Crippen molar-refractivity contribution in [2.75, 3.05) is 13.1 Å². The quantitative estimate of drug-likeness (QED) is 0.806. The second kappa shape index (κ2) is 8.19. The number of carbonyl (C=O) groups excluding carboxylic acids is 1. The van der Waals surface area contributed by atoms with Gasteiger partial charge in [-0.1, -0.05) is 19.8 Å². The molecule has 4 rings (SSSR count). The topological polar surface area (TPSA) is 81.7 Å². The van der Waals surface area contributed by atoms with Gasteiger partial charge in [-0.15, -0.1) is 5.10 Å². The van der Waals surface area contributed by atoms with Crippen LogP contribution in [-0.2, 0) is 17.9 Å². The minimum atomic E-state index is -0.189. The van der Waals surface area contributed by atoms with Crippen molar-refractivity contribution in [3.05, 3.63) is 24.0 Å². The van der Waals surface area contributed by atoms with E-state index in [0.717, 1.165) is 64.1 Å². The summed E-state index contributed by atoms with van der Waals surface area (Å²) < 4.78 is 4.11. The van der Waals surface area contributed by atoms with Gasteiger partial charge >= 0.3 is 0 Å². The van der Waals surface area contributed by atoms with Crippen molar-refractivity contribution in [2.45, 2.75) is 76.8 Å². The Bertz CT molecular complexity index is 760. The Morgan fingerprint density at radius 1 is 1.15 bits per heavy atom. The van der Waals surface area contributed by atoms with E-state index in [2.05, 4.69) is 38.2 Å². The summed E-state index contributed by atoms with van der Waals surface area (Å²) in [5.41, 5.74) is 0. The van der Waals surface area contributed by atoms with Gasteiger partial charge in [0.15, 0.2) is 5.82 Å². The molecular weight excluding hydrogens is 342 g/mol. The molecule has 8 heteroatoms. The lowest BCUT2D eigenvalue weighted by molar-refractivity contribution is -0.134. The number of unbranched alkanes of at least 4 members (excludes halogenated alkanes) is 1. The molecule has 146 valence electrons. The number of carbonyl (C=O) groups is 1. The molecule has 0 N–H and O–H groups in total. The van der Waals surface area contributed by atoms with Crippen LogP contribution in [0, 0.1) is 0 Å².